The smallest absolute Gasteiger partial charge is 0.235 e. The van der Waals surface area contributed by atoms with Gasteiger partial charge in [-0.2, -0.15) is 0 Å². The van der Waals surface area contributed by atoms with E-state index in [0.717, 1.165) is 19.4 Å². The van der Waals surface area contributed by atoms with Gasteiger partial charge >= 0.3 is 0 Å². The van der Waals surface area contributed by atoms with Crippen LogP contribution in [0.4, 0.5) is 0 Å². The number of rotatable bonds is 6. The summed E-state index contributed by atoms with van der Waals surface area (Å²) in [6, 6.07) is 10.4. The highest BCUT2D eigenvalue weighted by atomic mass is 35.5. The van der Waals surface area contributed by atoms with Crippen molar-refractivity contribution in [3.05, 3.63) is 35.9 Å². The minimum atomic E-state index is -0.0784. The minimum Gasteiger partial charge on any atom is -0.376 e. The fourth-order valence-corrected chi connectivity index (χ4v) is 2.25. The summed E-state index contributed by atoms with van der Waals surface area (Å²) >= 11 is 5.43. The number of nitrogens with one attached hydrogen (secondary N) is 1. The second kappa shape index (κ2) is 6.76. The molecule has 1 fully saturated rings. The number of ether oxygens (including phenoxy) is 1. The molecule has 2 rings (SSSR count). The third-order valence-electron chi connectivity index (χ3n) is 3.19. The van der Waals surface area contributed by atoms with Crippen LogP contribution in [0.15, 0.2) is 30.3 Å². The van der Waals surface area contributed by atoms with Crippen LogP contribution in [-0.4, -0.2) is 24.4 Å². The molecule has 0 spiro atoms. The molecule has 3 nitrogen and oxygen atoms in total. The Kier molecular flexibility index (Phi) is 5.02. The Balaban J connectivity index is 1.56. The molecule has 1 saturated carbocycles. The Morgan fingerprint density at radius 3 is 2.72 bits per heavy atom. The average Bonchev–Trinajstić information content (AvgIpc) is 2.36. The molecular weight excluding hydrogens is 250 g/mol. The van der Waals surface area contributed by atoms with Gasteiger partial charge in [-0.3, -0.25) is 4.79 Å². The Hall–Kier alpha value is -1.06. The summed E-state index contributed by atoms with van der Waals surface area (Å²) in [7, 11) is 0. The topological polar surface area (TPSA) is 38.3 Å². The van der Waals surface area contributed by atoms with Crippen molar-refractivity contribution < 1.29 is 9.53 Å². The number of alkyl halides is 1. The average molecular weight is 268 g/mol. The molecule has 1 aliphatic carbocycles. The quantitative estimate of drug-likeness (QED) is 0.804. The molecule has 4 heteroatoms. The van der Waals surface area contributed by atoms with E-state index < -0.39 is 0 Å². The third-order valence-corrected chi connectivity index (χ3v) is 3.43. The van der Waals surface area contributed by atoms with Crippen LogP contribution >= 0.6 is 11.6 Å². The van der Waals surface area contributed by atoms with Crippen molar-refractivity contribution in [3.63, 3.8) is 0 Å². The Morgan fingerprint density at radius 1 is 1.33 bits per heavy atom. The lowest BCUT2D eigenvalue weighted by molar-refractivity contribution is -0.120. The molecule has 1 amide bonds. The van der Waals surface area contributed by atoms with Crippen molar-refractivity contribution in [3.8, 4) is 0 Å². The van der Waals surface area contributed by atoms with Gasteiger partial charge < -0.3 is 10.1 Å². The molecule has 1 aromatic carbocycles. The van der Waals surface area contributed by atoms with E-state index in [1.54, 1.807) is 0 Å². The zero-order valence-corrected chi connectivity index (χ0v) is 11.0. The highest BCUT2D eigenvalue weighted by molar-refractivity contribution is 6.27. The summed E-state index contributed by atoms with van der Waals surface area (Å²) in [4.78, 5) is 11.0. The van der Waals surface area contributed by atoms with E-state index in [0.29, 0.717) is 18.6 Å². The first-order chi connectivity index (χ1) is 8.78. The molecule has 0 unspecified atom stereocenters. The van der Waals surface area contributed by atoms with Crippen LogP contribution in [0.5, 0.6) is 0 Å². The van der Waals surface area contributed by atoms with Crippen LogP contribution in [0.2, 0.25) is 0 Å². The highest BCUT2D eigenvalue weighted by Crippen LogP contribution is 2.27. The first-order valence-electron chi connectivity index (χ1n) is 6.25. The van der Waals surface area contributed by atoms with Crippen LogP contribution in [0.25, 0.3) is 0 Å². The molecule has 1 N–H and O–H groups in total. The SMILES string of the molecule is O=C(CCl)NC1CC(COCc2ccccc2)C1. The van der Waals surface area contributed by atoms with Gasteiger partial charge in [0.25, 0.3) is 0 Å². The fourth-order valence-electron chi connectivity index (χ4n) is 2.17. The molecule has 1 aliphatic rings. The molecule has 0 heterocycles. The summed E-state index contributed by atoms with van der Waals surface area (Å²) in [5.74, 6) is 0.533. The maximum Gasteiger partial charge on any atom is 0.235 e. The zero-order chi connectivity index (χ0) is 12.8. The molecule has 18 heavy (non-hydrogen) atoms. The van der Waals surface area contributed by atoms with E-state index in [9.17, 15) is 4.79 Å². The Bertz CT molecular complexity index is 377. The summed E-state index contributed by atoms with van der Waals surface area (Å²) in [6.45, 7) is 1.43. The Morgan fingerprint density at radius 2 is 2.06 bits per heavy atom. The van der Waals surface area contributed by atoms with E-state index in [1.807, 2.05) is 18.2 Å². The van der Waals surface area contributed by atoms with E-state index in [1.165, 1.54) is 5.56 Å². The van der Waals surface area contributed by atoms with Gasteiger partial charge in [-0.25, -0.2) is 0 Å². The first kappa shape index (κ1) is 13.4. The standard InChI is InChI=1S/C14H18ClNO2/c15-8-14(17)16-13-6-12(7-13)10-18-9-11-4-2-1-3-5-11/h1-5,12-13H,6-10H2,(H,16,17). The largest absolute Gasteiger partial charge is 0.376 e. The molecule has 0 atom stereocenters. The fraction of sp³-hybridized carbons (Fsp3) is 0.500. The van der Waals surface area contributed by atoms with Gasteiger partial charge in [0, 0.05) is 12.6 Å². The van der Waals surface area contributed by atoms with Crippen LogP contribution in [0.3, 0.4) is 0 Å². The summed E-state index contributed by atoms with van der Waals surface area (Å²) in [6.07, 6.45) is 1.99. The van der Waals surface area contributed by atoms with Crippen molar-refractivity contribution in [1.29, 1.82) is 0 Å². The predicted octanol–water partition coefficient (Wildman–Crippen LogP) is 2.34. The molecule has 0 bridgehead atoms. The molecule has 0 radical (unpaired) electrons. The van der Waals surface area contributed by atoms with Gasteiger partial charge in [-0.1, -0.05) is 30.3 Å². The molecule has 0 aliphatic heterocycles. The van der Waals surface area contributed by atoms with E-state index in [4.69, 9.17) is 16.3 Å². The highest BCUT2D eigenvalue weighted by Gasteiger charge is 2.29. The molecule has 98 valence electrons. The van der Waals surface area contributed by atoms with Crippen molar-refractivity contribution in [2.75, 3.05) is 12.5 Å². The summed E-state index contributed by atoms with van der Waals surface area (Å²) < 4.78 is 5.66. The lowest BCUT2D eigenvalue weighted by atomic mass is 9.81. The van der Waals surface area contributed by atoms with E-state index in [2.05, 4.69) is 17.4 Å². The normalized spacial score (nSPS) is 22.3. The molecular formula is C14H18ClNO2. The lowest BCUT2D eigenvalue weighted by Crippen LogP contribution is -2.46. The van der Waals surface area contributed by atoms with Crippen LogP contribution in [-0.2, 0) is 16.1 Å². The van der Waals surface area contributed by atoms with Crippen LogP contribution in [0.1, 0.15) is 18.4 Å². The molecule has 0 saturated heterocycles. The number of halogens is 1. The van der Waals surface area contributed by atoms with Crippen molar-refractivity contribution in [2.45, 2.75) is 25.5 Å². The van der Waals surface area contributed by atoms with Crippen LogP contribution in [0, 0.1) is 5.92 Å². The third kappa shape index (κ3) is 4.00. The summed E-state index contributed by atoms with van der Waals surface area (Å²) in [5.41, 5.74) is 1.20. The summed E-state index contributed by atoms with van der Waals surface area (Å²) in [5, 5.41) is 2.88. The zero-order valence-electron chi connectivity index (χ0n) is 10.3. The number of carbonyl (C=O) groups is 1. The van der Waals surface area contributed by atoms with Gasteiger partial charge in [-0.05, 0) is 24.3 Å². The van der Waals surface area contributed by atoms with Crippen molar-refractivity contribution in [2.24, 2.45) is 5.92 Å². The molecule has 0 aromatic heterocycles. The Labute approximate surface area is 112 Å². The number of hydrogen-bond acceptors (Lipinski definition) is 2. The van der Waals surface area contributed by atoms with Gasteiger partial charge in [0.1, 0.15) is 5.88 Å². The number of hydrogen-bond donors (Lipinski definition) is 1. The molecule has 1 aromatic rings. The maximum absolute atomic E-state index is 11.0. The van der Waals surface area contributed by atoms with Gasteiger partial charge in [-0.15, -0.1) is 11.6 Å². The number of amides is 1. The van der Waals surface area contributed by atoms with Crippen molar-refractivity contribution >= 4 is 17.5 Å². The van der Waals surface area contributed by atoms with E-state index in [-0.39, 0.29) is 11.8 Å². The number of benzene rings is 1. The van der Waals surface area contributed by atoms with E-state index >= 15 is 0 Å². The number of carbonyl (C=O) groups excluding carboxylic acids is 1. The second-order valence-electron chi connectivity index (χ2n) is 4.74. The van der Waals surface area contributed by atoms with Gasteiger partial charge in [0.2, 0.25) is 5.91 Å². The van der Waals surface area contributed by atoms with Gasteiger partial charge in [0.05, 0.1) is 6.61 Å². The minimum absolute atomic E-state index is 0.0473. The van der Waals surface area contributed by atoms with Crippen LogP contribution < -0.4 is 5.32 Å². The predicted molar refractivity (Wildman–Crippen MR) is 71.5 cm³/mol. The maximum atomic E-state index is 11.0. The van der Waals surface area contributed by atoms with Gasteiger partial charge in [0.15, 0.2) is 0 Å². The monoisotopic (exact) mass is 267 g/mol. The first-order valence-corrected chi connectivity index (χ1v) is 6.78. The van der Waals surface area contributed by atoms with Crippen molar-refractivity contribution in [1.82, 2.24) is 5.32 Å². The second-order valence-corrected chi connectivity index (χ2v) is 5.00. The lowest BCUT2D eigenvalue weighted by Gasteiger charge is -2.35.